The van der Waals surface area contributed by atoms with Crippen LogP contribution in [0.5, 0.6) is 0 Å². The van der Waals surface area contributed by atoms with Crippen molar-refractivity contribution in [1.29, 1.82) is 0 Å². The molecule has 2 nitrogen and oxygen atoms in total. The first kappa shape index (κ1) is 14.8. The van der Waals surface area contributed by atoms with E-state index in [9.17, 15) is 0 Å². The Bertz CT molecular complexity index is 284. The van der Waals surface area contributed by atoms with Crippen LogP contribution in [0.2, 0.25) is 0 Å². The molecule has 0 spiro atoms. The van der Waals surface area contributed by atoms with Gasteiger partial charge in [0.25, 0.3) is 0 Å². The molecule has 3 aliphatic rings. The second-order valence-corrected chi connectivity index (χ2v) is 7.62. The first-order valence-electron chi connectivity index (χ1n) is 9.22. The van der Waals surface area contributed by atoms with Gasteiger partial charge < -0.3 is 10.5 Å². The number of rotatable bonds is 3. The molecule has 2 N–H and O–H groups in total. The molecule has 0 heterocycles. The molecule has 3 fully saturated rings. The molecule has 0 aliphatic heterocycles. The molecule has 0 atom stereocenters. The molecule has 116 valence electrons. The van der Waals surface area contributed by atoms with Crippen LogP contribution in [-0.2, 0) is 4.74 Å². The third-order valence-electron chi connectivity index (χ3n) is 6.17. The summed E-state index contributed by atoms with van der Waals surface area (Å²) in [6, 6.07) is 0.437. The lowest BCUT2D eigenvalue weighted by Gasteiger charge is -2.48. The van der Waals surface area contributed by atoms with Gasteiger partial charge in [0, 0.05) is 6.04 Å². The van der Waals surface area contributed by atoms with Crippen LogP contribution in [0.25, 0.3) is 0 Å². The van der Waals surface area contributed by atoms with Crippen LogP contribution in [0.1, 0.15) is 89.9 Å². The molecule has 20 heavy (non-hydrogen) atoms. The molecule has 3 rings (SSSR count). The third kappa shape index (κ3) is 3.39. The molecule has 3 saturated carbocycles. The minimum atomic E-state index is 0.255. The Kier molecular flexibility index (Phi) is 5.04. The summed E-state index contributed by atoms with van der Waals surface area (Å²) < 4.78 is 6.85. The second-order valence-electron chi connectivity index (χ2n) is 7.62. The van der Waals surface area contributed by atoms with Crippen molar-refractivity contribution in [1.82, 2.24) is 0 Å². The van der Waals surface area contributed by atoms with E-state index in [-0.39, 0.29) is 5.60 Å². The van der Waals surface area contributed by atoms with Gasteiger partial charge in [-0.25, -0.2) is 0 Å². The predicted octanol–water partition coefficient (Wildman–Crippen LogP) is 4.56. The topological polar surface area (TPSA) is 35.2 Å². The fourth-order valence-electron chi connectivity index (χ4n) is 4.94. The van der Waals surface area contributed by atoms with E-state index in [1.54, 1.807) is 0 Å². The quantitative estimate of drug-likeness (QED) is 0.822. The highest BCUT2D eigenvalue weighted by Gasteiger charge is 2.42. The van der Waals surface area contributed by atoms with Crippen molar-refractivity contribution in [3.63, 3.8) is 0 Å². The Morgan fingerprint density at radius 3 is 1.95 bits per heavy atom. The highest BCUT2D eigenvalue weighted by molar-refractivity contribution is 4.94. The Hall–Kier alpha value is -0.0800. The van der Waals surface area contributed by atoms with Gasteiger partial charge in [-0.3, -0.25) is 0 Å². The van der Waals surface area contributed by atoms with Crippen molar-refractivity contribution in [3.8, 4) is 0 Å². The van der Waals surface area contributed by atoms with Crippen LogP contribution in [0.3, 0.4) is 0 Å². The average molecular weight is 279 g/mol. The summed E-state index contributed by atoms with van der Waals surface area (Å²) in [5.41, 5.74) is 6.31. The average Bonchev–Trinajstić information content (AvgIpc) is 2.52. The van der Waals surface area contributed by atoms with Crippen LogP contribution in [0.4, 0.5) is 0 Å². The highest BCUT2D eigenvalue weighted by Crippen LogP contribution is 2.45. The van der Waals surface area contributed by atoms with Gasteiger partial charge in [0.2, 0.25) is 0 Å². The molecule has 0 aromatic heterocycles. The monoisotopic (exact) mass is 279 g/mol. The number of hydrogen-bond donors (Lipinski definition) is 1. The molecular formula is C18H33NO. The number of ether oxygens (including phenoxy) is 1. The van der Waals surface area contributed by atoms with Gasteiger partial charge in [0.05, 0.1) is 11.7 Å². The van der Waals surface area contributed by atoms with Gasteiger partial charge >= 0.3 is 0 Å². The molecule has 0 bridgehead atoms. The van der Waals surface area contributed by atoms with E-state index in [1.165, 1.54) is 89.9 Å². The zero-order valence-electron chi connectivity index (χ0n) is 13.1. The molecule has 0 unspecified atom stereocenters. The number of hydrogen-bond acceptors (Lipinski definition) is 2. The fourth-order valence-corrected chi connectivity index (χ4v) is 4.94. The normalized spacial score (nSPS) is 35.9. The van der Waals surface area contributed by atoms with Crippen molar-refractivity contribution in [2.24, 2.45) is 11.7 Å². The van der Waals surface area contributed by atoms with Gasteiger partial charge in [-0.05, 0) is 57.3 Å². The summed E-state index contributed by atoms with van der Waals surface area (Å²) in [4.78, 5) is 0. The summed E-state index contributed by atoms with van der Waals surface area (Å²) in [5.74, 6) is 0.854. The minimum Gasteiger partial charge on any atom is -0.371 e. The standard InChI is InChI=1S/C18H33NO/c19-16-9-11-17(12-10-16)20-18(13-5-2-6-14-18)15-7-3-1-4-8-15/h15-17H,1-14,19H2. The zero-order valence-corrected chi connectivity index (χ0v) is 13.1. The van der Waals surface area contributed by atoms with Crippen molar-refractivity contribution in [2.75, 3.05) is 0 Å². The second kappa shape index (κ2) is 6.79. The number of nitrogens with two attached hydrogens (primary N) is 1. The SMILES string of the molecule is NC1CCC(OC2(C3CCCCC3)CCCCC2)CC1. The van der Waals surface area contributed by atoms with Crippen molar-refractivity contribution < 1.29 is 4.74 Å². The lowest BCUT2D eigenvalue weighted by atomic mass is 9.69. The van der Waals surface area contributed by atoms with E-state index in [0.29, 0.717) is 12.1 Å². The maximum atomic E-state index is 6.85. The van der Waals surface area contributed by atoms with Crippen LogP contribution in [-0.4, -0.2) is 17.7 Å². The summed E-state index contributed by atoms with van der Waals surface area (Å²) in [6.45, 7) is 0. The van der Waals surface area contributed by atoms with E-state index in [1.807, 2.05) is 0 Å². The summed E-state index contributed by atoms with van der Waals surface area (Å²) in [5, 5.41) is 0. The minimum absolute atomic E-state index is 0.255. The van der Waals surface area contributed by atoms with Crippen molar-refractivity contribution in [2.45, 2.75) is 108 Å². The smallest absolute Gasteiger partial charge is 0.0714 e. The first-order valence-corrected chi connectivity index (χ1v) is 9.22. The highest BCUT2D eigenvalue weighted by atomic mass is 16.5. The Morgan fingerprint density at radius 1 is 0.700 bits per heavy atom. The van der Waals surface area contributed by atoms with Gasteiger partial charge in [0.1, 0.15) is 0 Å². The molecule has 3 aliphatic carbocycles. The fraction of sp³-hybridized carbons (Fsp3) is 1.00. The lowest BCUT2D eigenvalue weighted by molar-refractivity contribution is -0.161. The summed E-state index contributed by atoms with van der Waals surface area (Å²) >= 11 is 0. The lowest BCUT2D eigenvalue weighted by Crippen LogP contribution is -2.47. The molecule has 0 aromatic rings. The molecule has 0 saturated heterocycles. The van der Waals surface area contributed by atoms with Gasteiger partial charge in [-0.15, -0.1) is 0 Å². The van der Waals surface area contributed by atoms with E-state index in [2.05, 4.69) is 0 Å². The van der Waals surface area contributed by atoms with Crippen molar-refractivity contribution in [3.05, 3.63) is 0 Å². The maximum Gasteiger partial charge on any atom is 0.0714 e. The van der Waals surface area contributed by atoms with Gasteiger partial charge in [0.15, 0.2) is 0 Å². The maximum absolute atomic E-state index is 6.85. The van der Waals surface area contributed by atoms with Crippen LogP contribution < -0.4 is 5.73 Å². The van der Waals surface area contributed by atoms with Crippen LogP contribution in [0.15, 0.2) is 0 Å². The molecule has 0 aromatic carbocycles. The largest absolute Gasteiger partial charge is 0.371 e. The zero-order chi connectivity index (χ0) is 13.8. The Labute approximate surface area is 124 Å². The van der Waals surface area contributed by atoms with Gasteiger partial charge in [-0.1, -0.05) is 38.5 Å². The Morgan fingerprint density at radius 2 is 1.30 bits per heavy atom. The van der Waals surface area contributed by atoms with Crippen molar-refractivity contribution >= 4 is 0 Å². The molecule has 0 radical (unpaired) electrons. The van der Waals surface area contributed by atoms with Crippen LogP contribution in [0, 0.1) is 5.92 Å². The van der Waals surface area contributed by atoms with Gasteiger partial charge in [-0.2, -0.15) is 0 Å². The van der Waals surface area contributed by atoms with E-state index < -0.39 is 0 Å². The third-order valence-corrected chi connectivity index (χ3v) is 6.17. The summed E-state index contributed by atoms with van der Waals surface area (Å²) in [7, 11) is 0. The van der Waals surface area contributed by atoms with E-state index in [0.717, 1.165) is 5.92 Å². The van der Waals surface area contributed by atoms with Crippen LogP contribution >= 0.6 is 0 Å². The Balaban J connectivity index is 1.65. The molecular weight excluding hydrogens is 246 g/mol. The molecule has 2 heteroatoms. The van der Waals surface area contributed by atoms with E-state index in [4.69, 9.17) is 10.5 Å². The molecule has 0 amide bonds. The predicted molar refractivity (Wildman–Crippen MR) is 83.7 cm³/mol. The summed E-state index contributed by atoms with van der Waals surface area (Å²) in [6.07, 6.45) is 19.3. The first-order chi connectivity index (χ1) is 9.78. The van der Waals surface area contributed by atoms with E-state index >= 15 is 0 Å².